The third kappa shape index (κ3) is 4.18. The van der Waals surface area contributed by atoms with Crippen LogP contribution >= 0.6 is 0 Å². The Morgan fingerprint density at radius 1 is 0.906 bits per heavy atom. The number of rotatable bonds is 4. The fraction of sp³-hybridized carbons (Fsp3) is 0.160. The van der Waals surface area contributed by atoms with Crippen LogP contribution < -0.4 is 10.6 Å². The first-order valence-electron chi connectivity index (χ1n) is 10.1. The Morgan fingerprint density at radius 3 is 2.22 bits per heavy atom. The van der Waals surface area contributed by atoms with Crippen LogP contribution in [0.5, 0.6) is 0 Å². The molecule has 32 heavy (non-hydrogen) atoms. The van der Waals surface area contributed by atoms with Crippen molar-refractivity contribution in [2.75, 3.05) is 4.90 Å². The second-order valence-electron chi connectivity index (χ2n) is 7.39. The molecule has 4 rings (SSSR count). The monoisotopic (exact) mass is 430 g/mol. The van der Waals surface area contributed by atoms with E-state index in [4.69, 9.17) is 15.2 Å². The second kappa shape index (κ2) is 8.93. The Labute approximate surface area is 185 Å². The predicted molar refractivity (Wildman–Crippen MR) is 118 cm³/mol. The van der Waals surface area contributed by atoms with Gasteiger partial charge >= 0.3 is 18.0 Å². The molecule has 0 aromatic heterocycles. The fourth-order valence-corrected chi connectivity index (χ4v) is 3.90. The number of primary amides is 1. The highest BCUT2D eigenvalue weighted by Gasteiger charge is 2.34. The normalized spacial score (nSPS) is 15.5. The Morgan fingerprint density at radius 2 is 1.53 bits per heavy atom. The van der Waals surface area contributed by atoms with Gasteiger partial charge in [-0.05, 0) is 17.7 Å². The number of carbonyl (C=O) groups is 3. The molecular formula is C25H22N2O5. The van der Waals surface area contributed by atoms with E-state index < -0.39 is 30.2 Å². The maximum Gasteiger partial charge on any atom is 0.352 e. The fourth-order valence-electron chi connectivity index (χ4n) is 3.90. The molecule has 0 saturated carbocycles. The number of urea groups is 1. The van der Waals surface area contributed by atoms with Crippen molar-refractivity contribution in [1.29, 1.82) is 0 Å². The molecule has 0 unspecified atom stereocenters. The number of fused-ring (bicyclic) bond motifs is 2. The summed E-state index contributed by atoms with van der Waals surface area (Å²) in [5.41, 5.74) is 8.81. The zero-order chi connectivity index (χ0) is 22.7. The number of esters is 2. The second-order valence-corrected chi connectivity index (χ2v) is 7.39. The first-order chi connectivity index (χ1) is 15.5. The van der Waals surface area contributed by atoms with Gasteiger partial charge in [-0.1, -0.05) is 66.7 Å². The molecule has 0 fully saturated rings. The molecule has 2 atom stereocenters. The van der Waals surface area contributed by atoms with E-state index >= 15 is 0 Å². The number of nitrogens with two attached hydrogens (primary N) is 1. The van der Waals surface area contributed by atoms with E-state index in [9.17, 15) is 14.4 Å². The first-order valence-corrected chi connectivity index (χ1v) is 10.1. The van der Waals surface area contributed by atoms with Gasteiger partial charge in [-0.15, -0.1) is 0 Å². The number of benzene rings is 3. The van der Waals surface area contributed by atoms with Crippen molar-refractivity contribution >= 4 is 29.3 Å². The average molecular weight is 430 g/mol. The van der Waals surface area contributed by atoms with E-state index in [0.29, 0.717) is 28.9 Å². The van der Waals surface area contributed by atoms with Crippen LogP contribution in [0.4, 0.5) is 16.2 Å². The molecule has 3 aromatic carbocycles. The molecule has 3 aromatic rings. The van der Waals surface area contributed by atoms with Gasteiger partial charge in [0.1, 0.15) is 6.10 Å². The average Bonchev–Trinajstić information content (AvgIpc) is 2.92. The van der Waals surface area contributed by atoms with Crippen molar-refractivity contribution in [1.82, 2.24) is 0 Å². The van der Waals surface area contributed by atoms with Crippen LogP contribution in [0, 0.1) is 0 Å². The third-order valence-electron chi connectivity index (χ3n) is 5.24. The molecule has 1 aliphatic heterocycles. The SMILES string of the molecule is CC(=O)O[C@H](C(=O)O[C@H]1Cc2ccccc2N(C(N)=O)c2ccccc21)c1ccccc1. The van der Waals surface area contributed by atoms with Crippen LogP contribution in [-0.4, -0.2) is 18.0 Å². The van der Waals surface area contributed by atoms with E-state index in [1.165, 1.54) is 11.8 Å². The summed E-state index contributed by atoms with van der Waals surface area (Å²) in [5, 5.41) is 0. The van der Waals surface area contributed by atoms with Crippen LogP contribution in [0.1, 0.15) is 35.8 Å². The number of anilines is 2. The Bertz CT molecular complexity index is 1160. The molecule has 7 heteroatoms. The molecule has 2 amide bonds. The minimum atomic E-state index is -1.20. The summed E-state index contributed by atoms with van der Waals surface area (Å²) in [5.74, 6) is -1.29. The minimum absolute atomic E-state index is 0.324. The summed E-state index contributed by atoms with van der Waals surface area (Å²) in [6.45, 7) is 1.24. The molecule has 0 radical (unpaired) electrons. The number of amides is 2. The lowest BCUT2D eigenvalue weighted by molar-refractivity contribution is -0.171. The smallest absolute Gasteiger partial charge is 0.352 e. The number of hydrogen-bond donors (Lipinski definition) is 1. The quantitative estimate of drug-likeness (QED) is 0.621. The lowest BCUT2D eigenvalue weighted by Crippen LogP contribution is -2.32. The Hall–Kier alpha value is -4.13. The van der Waals surface area contributed by atoms with Crippen molar-refractivity contribution in [3.05, 3.63) is 95.6 Å². The number of nitrogens with zero attached hydrogens (tertiary/aromatic N) is 1. The van der Waals surface area contributed by atoms with Crippen molar-refractivity contribution in [2.45, 2.75) is 25.6 Å². The summed E-state index contributed by atoms with van der Waals surface area (Å²) >= 11 is 0. The van der Waals surface area contributed by atoms with Gasteiger partial charge in [-0.25, -0.2) is 9.59 Å². The van der Waals surface area contributed by atoms with Crippen molar-refractivity contribution in [2.24, 2.45) is 5.73 Å². The molecule has 0 bridgehead atoms. The van der Waals surface area contributed by atoms with E-state index in [1.54, 1.807) is 60.7 Å². The summed E-state index contributed by atoms with van der Waals surface area (Å²) in [7, 11) is 0. The Kier molecular flexibility index (Phi) is 5.89. The van der Waals surface area contributed by atoms with E-state index in [1.807, 2.05) is 18.2 Å². The standard InChI is InChI=1S/C25H22N2O5/c1-16(28)31-23(17-9-3-2-4-10-17)24(29)32-22-15-18-11-5-7-13-20(18)27(25(26)30)21-14-8-6-12-19(21)22/h2-14,22-23H,15H2,1H3,(H2,26,30)/t22-,23-/m0/s1. The molecule has 1 aliphatic rings. The third-order valence-corrected chi connectivity index (χ3v) is 5.24. The van der Waals surface area contributed by atoms with E-state index in [2.05, 4.69) is 0 Å². The van der Waals surface area contributed by atoms with Gasteiger partial charge in [-0.2, -0.15) is 0 Å². The van der Waals surface area contributed by atoms with Crippen LogP contribution in [0.2, 0.25) is 0 Å². The maximum atomic E-state index is 13.2. The van der Waals surface area contributed by atoms with Crippen molar-refractivity contribution < 1.29 is 23.9 Å². The molecule has 0 spiro atoms. The molecular weight excluding hydrogens is 408 g/mol. The largest absolute Gasteiger partial charge is 0.454 e. The van der Waals surface area contributed by atoms with Gasteiger partial charge in [0.2, 0.25) is 6.10 Å². The maximum absolute atomic E-state index is 13.2. The van der Waals surface area contributed by atoms with Gasteiger partial charge in [0.15, 0.2) is 0 Å². The summed E-state index contributed by atoms with van der Waals surface area (Å²) < 4.78 is 11.2. The highest BCUT2D eigenvalue weighted by Crippen LogP contribution is 2.41. The minimum Gasteiger partial charge on any atom is -0.454 e. The summed E-state index contributed by atoms with van der Waals surface area (Å²) in [6.07, 6.45) is -1.60. The molecule has 0 aliphatic carbocycles. The highest BCUT2D eigenvalue weighted by atomic mass is 16.6. The first kappa shape index (κ1) is 21.1. The zero-order valence-electron chi connectivity index (χ0n) is 17.4. The van der Waals surface area contributed by atoms with E-state index in [0.717, 1.165) is 5.56 Å². The van der Waals surface area contributed by atoms with E-state index in [-0.39, 0.29) is 0 Å². The lowest BCUT2D eigenvalue weighted by Gasteiger charge is -2.24. The number of ether oxygens (including phenoxy) is 2. The molecule has 2 N–H and O–H groups in total. The molecule has 7 nitrogen and oxygen atoms in total. The Balaban J connectivity index is 1.74. The topological polar surface area (TPSA) is 98.9 Å². The van der Waals surface area contributed by atoms with Gasteiger partial charge in [-0.3, -0.25) is 9.69 Å². The zero-order valence-corrected chi connectivity index (χ0v) is 17.4. The highest BCUT2D eigenvalue weighted by molar-refractivity contribution is 6.00. The molecule has 0 saturated heterocycles. The van der Waals surface area contributed by atoms with Crippen molar-refractivity contribution in [3.63, 3.8) is 0 Å². The molecule has 1 heterocycles. The van der Waals surface area contributed by atoms with Crippen LogP contribution in [0.25, 0.3) is 0 Å². The van der Waals surface area contributed by atoms with Crippen LogP contribution in [-0.2, 0) is 25.5 Å². The van der Waals surface area contributed by atoms with Gasteiger partial charge in [0.25, 0.3) is 0 Å². The van der Waals surface area contributed by atoms with Gasteiger partial charge < -0.3 is 15.2 Å². The van der Waals surface area contributed by atoms with Gasteiger partial charge in [0, 0.05) is 24.5 Å². The predicted octanol–water partition coefficient (Wildman–Crippen LogP) is 4.35. The van der Waals surface area contributed by atoms with Gasteiger partial charge in [0.05, 0.1) is 11.4 Å². The number of carbonyl (C=O) groups excluding carboxylic acids is 3. The van der Waals surface area contributed by atoms with Crippen LogP contribution in [0.15, 0.2) is 78.9 Å². The lowest BCUT2D eigenvalue weighted by atomic mass is 10.0. The molecule has 162 valence electrons. The van der Waals surface area contributed by atoms with Crippen LogP contribution in [0.3, 0.4) is 0 Å². The summed E-state index contributed by atoms with van der Waals surface area (Å²) in [4.78, 5) is 38.6. The number of hydrogen-bond acceptors (Lipinski definition) is 5. The summed E-state index contributed by atoms with van der Waals surface area (Å²) in [6, 6.07) is 22.5. The van der Waals surface area contributed by atoms with Crippen molar-refractivity contribution in [3.8, 4) is 0 Å². The number of para-hydroxylation sites is 2.